The topological polar surface area (TPSA) is 68.4 Å². The molecule has 31 heavy (non-hydrogen) atoms. The number of anilines is 1. The number of rotatable bonds is 3. The molecule has 0 aliphatic carbocycles. The second kappa shape index (κ2) is 7.67. The molecule has 0 spiro atoms. The van der Waals surface area contributed by atoms with Crippen molar-refractivity contribution in [3.05, 3.63) is 30.7 Å². The molecule has 5 heterocycles. The minimum absolute atomic E-state index is 0.0617. The van der Waals surface area contributed by atoms with E-state index in [0.29, 0.717) is 45.6 Å². The van der Waals surface area contributed by atoms with Crippen LogP contribution in [-0.2, 0) is 4.79 Å². The van der Waals surface area contributed by atoms with E-state index in [0.717, 1.165) is 27.6 Å². The predicted molar refractivity (Wildman–Crippen MR) is 111 cm³/mol. The van der Waals surface area contributed by atoms with E-state index < -0.39 is 18.3 Å². The number of piperidine rings is 1. The normalized spacial score (nSPS) is 23.6. The van der Waals surface area contributed by atoms with Gasteiger partial charge in [-0.25, -0.2) is 4.98 Å². The summed E-state index contributed by atoms with van der Waals surface area (Å²) in [5.41, 5.74) is 2.56. The number of aromatic amines is 1. The van der Waals surface area contributed by atoms with E-state index in [4.69, 9.17) is 0 Å². The molecule has 3 aromatic rings. The number of hydrogen-bond acceptors (Lipinski definition) is 5. The van der Waals surface area contributed by atoms with Crippen LogP contribution < -0.4 is 4.90 Å². The lowest BCUT2D eigenvalue weighted by molar-refractivity contribution is -0.219. The zero-order valence-corrected chi connectivity index (χ0v) is 16.8. The summed E-state index contributed by atoms with van der Waals surface area (Å²) < 4.78 is 41.1. The summed E-state index contributed by atoms with van der Waals surface area (Å²) in [5.74, 6) is -1.51. The van der Waals surface area contributed by atoms with Crippen molar-refractivity contribution < 1.29 is 18.0 Å². The molecule has 5 rings (SSSR count). The molecule has 3 aromatic heterocycles. The van der Waals surface area contributed by atoms with Crippen LogP contribution in [0.15, 0.2) is 30.7 Å². The maximum Gasteiger partial charge on any atom is 0.395 e. The summed E-state index contributed by atoms with van der Waals surface area (Å²) in [6, 6.07) is 3.91. The summed E-state index contributed by atoms with van der Waals surface area (Å²) in [7, 11) is 0. The predicted octanol–water partition coefficient (Wildman–Crippen LogP) is 2.99. The van der Waals surface area contributed by atoms with Crippen LogP contribution in [0.5, 0.6) is 0 Å². The van der Waals surface area contributed by atoms with Gasteiger partial charge in [-0.15, -0.1) is 0 Å². The van der Waals surface area contributed by atoms with Gasteiger partial charge in [0.25, 0.3) is 0 Å². The molecule has 2 atom stereocenters. The van der Waals surface area contributed by atoms with Crippen LogP contribution in [0.3, 0.4) is 0 Å². The lowest BCUT2D eigenvalue weighted by atomic mass is 9.92. The fourth-order valence-electron chi connectivity index (χ4n) is 5.05. The van der Waals surface area contributed by atoms with Gasteiger partial charge < -0.3 is 14.8 Å². The molecule has 2 aliphatic rings. The summed E-state index contributed by atoms with van der Waals surface area (Å²) in [6.07, 6.45) is 1.06. The van der Waals surface area contributed by atoms with E-state index in [-0.39, 0.29) is 6.42 Å². The molecule has 0 radical (unpaired) electrons. The van der Waals surface area contributed by atoms with Crippen molar-refractivity contribution in [1.82, 2.24) is 24.8 Å². The largest absolute Gasteiger partial charge is 0.395 e. The van der Waals surface area contributed by atoms with Gasteiger partial charge in [0, 0.05) is 61.6 Å². The first-order valence-electron chi connectivity index (χ1n) is 10.4. The van der Waals surface area contributed by atoms with Gasteiger partial charge in [-0.1, -0.05) is 0 Å². The van der Waals surface area contributed by atoms with E-state index in [9.17, 15) is 18.0 Å². The number of nitrogens with one attached hydrogen (secondary N) is 1. The van der Waals surface area contributed by atoms with E-state index in [2.05, 4.69) is 19.9 Å². The quantitative estimate of drug-likeness (QED) is 0.645. The highest BCUT2D eigenvalue weighted by Gasteiger charge is 2.50. The highest BCUT2D eigenvalue weighted by Crippen LogP contribution is 2.39. The molecular weight excluding hydrogens is 409 g/mol. The molecule has 7 nitrogen and oxygen atoms in total. The molecule has 2 fully saturated rings. The number of pyridine rings is 2. The Morgan fingerprint density at radius 1 is 1.10 bits per heavy atom. The molecule has 0 saturated carbocycles. The number of carbonyl (C=O) groups excluding carboxylic acids is 1. The van der Waals surface area contributed by atoms with Crippen molar-refractivity contribution in [2.75, 3.05) is 37.6 Å². The van der Waals surface area contributed by atoms with Crippen LogP contribution >= 0.6 is 0 Å². The van der Waals surface area contributed by atoms with Crippen molar-refractivity contribution in [3.8, 4) is 0 Å². The average molecular weight is 432 g/mol. The van der Waals surface area contributed by atoms with Gasteiger partial charge in [0.2, 0.25) is 6.41 Å². The summed E-state index contributed by atoms with van der Waals surface area (Å²) in [5, 5.41) is 1.96. The number of hydrogen-bond donors (Lipinski definition) is 1. The summed E-state index contributed by atoms with van der Waals surface area (Å²) in [4.78, 5) is 28.8. The van der Waals surface area contributed by atoms with Crippen LogP contribution in [-0.4, -0.2) is 76.2 Å². The van der Waals surface area contributed by atoms with Gasteiger partial charge in [0.15, 0.2) is 0 Å². The van der Waals surface area contributed by atoms with Crippen molar-refractivity contribution in [2.24, 2.45) is 5.92 Å². The number of fused-ring (bicyclic) bond motifs is 3. The van der Waals surface area contributed by atoms with Crippen molar-refractivity contribution in [2.45, 2.75) is 25.2 Å². The van der Waals surface area contributed by atoms with Gasteiger partial charge in [-0.05, 0) is 25.0 Å². The third kappa shape index (κ3) is 3.48. The minimum atomic E-state index is -4.32. The Morgan fingerprint density at radius 3 is 2.65 bits per heavy atom. The van der Waals surface area contributed by atoms with Crippen LogP contribution in [0.4, 0.5) is 18.9 Å². The molecule has 164 valence electrons. The third-order valence-electron chi connectivity index (χ3n) is 6.48. The van der Waals surface area contributed by atoms with Crippen molar-refractivity contribution >= 4 is 34.0 Å². The van der Waals surface area contributed by atoms with Gasteiger partial charge in [0.05, 0.1) is 23.8 Å². The van der Waals surface area contributed by atoms with Gasteiger partial charge >= 0.3 is 6.18 Å². The highest BCUT2D eigenvalue weighted by molar-refractivity contribution is 6.09. The fraction of sp³-hybridized carbons (Fsp3) is 0.476. The smallest absolute Gasteiger partial charge is 0.368 e. The zero-order valence-electron chi connectivity index (χ0n) is 16.8. The molecule has 0 bridgehead atoms. The monoisotopic (exact) mass is 432 g/mol. The maximum atomic E-state index is 13.7. The first-order valence-corrected chi connectivity index (χ1v) is 10.4. The Hall–Kier alpha value is -2.88. The van der Waals surface area contributed by atoms with E-state index in [1.54, 1.807) is 12.4 Å². The number of likely N-dealkylation sites (tertiary alicyclic amines) is 1. The van der Waals surface area contributed by atoms with Crippen LogP contribution in [0.2, 0.25) is 0 Å². The molecule has 1 amide bonds. The molecule has 2 unspecified atom stereocenters. The second-order valence-electron chi connectivity index (χ2n) is 8.16. The number of aromatic nitrogens is 3. The van der Waals surface area contributed by atoms with E-state index in [1.807, 2.05) is 23.2 Å². The van der Waals surface area contributed by atoms with Crippen molar-refractivity contribution in [3.63, 3.8) is 0 Å². The van der Waals surface area contributed by atoms with Crippen LogP contribution in [0, 0.1) is 5.92 Å². The van der Waals surface area contributed by atoms with E-state index in [1.165, 1.54) is 4.90 Å². The zero-order chi connectivity index (χ0) is 21.6. The number of alkyl halides is 3. The first kappa shape index (κ1) is 20.0. The number of amides is 1. The first-order chi connectivity index (χ1) is 15.0. The fourth-order valence-corrected chi connectivity index (χ4v) is 5.05. The number of carbonyl (C=O) groups is 1. The Labute approximate surface area is 176 Å². The molecular formula is C21H23F3N6O. The molecule has 10 heteroatoms. The minimum Gasteiger partial charge on any atom is -0.368 e. The van der Waals surface area contributed by atoms with Crippen LogP contribution in [0.25, 0.3) is 21.9 Å². The van der Waals surface area contributed by atoms with Gasteiger partial charge in [-0.2, -0.15) is 13.2 Å². The maximum absolute atomic E-state index is 13.7. The standard InChI is InChI=1S/C21H23F3N6O/c22-21(23,24)15-2-1-7-30(13-31)20(15)29-10-8-28(9-11-29)17-4-6-25-16-12-27-19-14(18(16)17)3-5-26-19/h3-6,12-13,15,20H,1-2,7-11H2,(H,26,27). The number of halogens is 3. The number of piperazine rings is 1. The number of H-pyrrole nitrogens is 1. The van der Waals surface area contributed by atoms with Gasteiger partial charge in [-0.3, -0.25) is 14.7 Å². The Morgan fingerprint density at radius 2 is 1.90 bits per heavy atom. The highest BCUT2D eigenvalue weighted by atomic mass is 19.4. The van der Waals surface area contributed by atoms with Crippen LogP contribution in [0.1, 0.15) is 12.8 Å². The third-order valence-corrected chi connectivity index (χ3v) is 6.48. The average Bonchev–Trinajstić information content (AvgIpc) is 3.27. The molecule has 2 saturated heterocycles. The van der Waals surface area contributed by atoms with Gasteiger partial charge in [0.1, 0.15) is 5.65 Å². The van der Waals surface area contributed by atoms with E-state index >= 15 is 0 Å². The Balaban J connectivity index is 1.41. The molecule has 0 aromatic carbocycles. The Kier molecular flexibility index (Phi) is 4.96. The SMILES string of the molecule is O=CN1CCCC(C(F)(F)F)C1N1CCN(c2ccnc3cnc4[nH]ccc4c23)CC1. The molecule has 1 N–H and O–H groups in total. The Bertz CT molecular complexity index is 1090. The lowest BCUT2D eigenvalue weighted by Crippen LogP contribution is -2.62. The summed E-state index contributed by atoms with van der Waals surface area (Å²) in [6.45, 7) is 2.41. The summed E-state index contributed by atoms with van der Waals surface area (Å²) >= 11 is 0. The van der Waals surface area contributed by atoms with Crippen molar-refractivity contribution in [1.29, 1.82) is 0 Å². The second-order valence-corrected chi connectivity index (χ2v) is 8.16. The lowest BCUT2D eigenvalue weighted by Gasteiger charge is -2.48. The number of nitrogens with zero attached hydrogens (tertiary/aromatic N) is 5. The molecule has 2 aliphatic heterocycles.